The molecule has 170 valence electrons. The highest BCUT2D eigenvalue weighted by Crippen LogP contribution is 2.68. The first kappa shape index (κ1) is 22.5. The number of carbonyl (C=O) groups excluding carboxylic acids is 1. The molecule has 4 unspecified atom stereocenters. The minimum absolute atomic E-state index is 0.0178. The number of hydrogen-bond acceptors (Lipinski definition) is 3. The summed E-state index contributed by atoms with van der Waals surface area (Å²) in [6.45, 7) is 11.3. The molecule has 0 spiro atoms. The third-order valence-corrected chi connectivity index (χ3v) is 10.1. The molecule has 0 aromatic carbocycles. The molecule has 3 nitrogen and oxygen atoms in total. The average Bonchev–Trinajstić information content (AvgIpc) is 2.99. The normalized spacial score (nSPS) is 45.4. The lowest BCUT2D eigenvalue weighted by Gasteiger charge is -2.60. The van der Waals surface area contributed by atoms with Crippen LogP contribution in [0.4, 0.5) is 0 Å². The Bertz CT molecular complexity index is 707. The summed E-state index contributed by atoms with van der Waals surface area (Å²) in [6, 6.07) is 0. The first-order chi connectivity index (χ1) is 14.0. The minimum atomic E-state index is -0.647. The van der Waals surface area contributed by atoms with Crippen LogP contribution >= 0.6 is 0 Å². The largest absolute Gasteiger partial charge is 0.393 e. The molecule has 0 heterocycles. The summed E-state index contributed by atoms with van der Waals surface area (Å²) in [4.78, 5) is 12.1. The van der Waals surface area contributed by atoms with Crippen molar-refractivity contribution in [2.45, 2.75) is 111 Å². The van der Waals surface area contributed by atoms with E-state index in [-0.39, 0.29) is 34.6 Å². The molecule has 3 saturated carbocycles. The molecule has 3 heteroatoms. The van der Waals surface area contributed by atoms with Gasteiger partial charge in [-0.3, -0.25) is 4.79 Å². The number of carbonyl (C=O) groups is 1. The van der Waals surface area contributed by atoms with E-state index in [1.165, 1.54) is 18.4 Å². The molecule has 0 amide bonds. The quantitative estimate of drug-likeness (QED) is 0.606. The Balaban J connectivity index is 1.58. The summed E-state index contributed by atoms with van der Waals surface area (Å²) in [5.41, 5.74) is 0.656. The Morgan fingerprint density at radius 3 is 2.63 bits per heavy atom. The van der Waals surface area contributed by atoms with Crippen molar-refractivity contribution in [1.29, 1.82) is 0 Å². The van der Waals surface area contributed by atoms with Crippen molar-refractivity contribution < 1.29 is 15.0 Å². The first-order valence-corrected chi connectivity index (χ1v) is 12.6. The number of aliphatic hydroxyl groups is 2. The zero-order valence-electron chi connectivity index (χ0n) is 19.9. The van der Waals surface area contributed by atoms with E-state index in [1.807, 2.05) is 6.08 Å². The fraction of sp³-hybridized carbons (Fsp3) is 0.889. The van der Waals surface area contributed by atoms with Gasteiger partial charge < -0.3 is 10.2 Å². The van der Waals surface area contributed by atoms with Crippen LogP contribution in [0.5, 0.6) is 0 Å². The number of aliphatic hydroxyl groups excluding tert-OH is 1. The number of rotatable bonds is 5. The minimum Gasteiger partial charge on any atom is -0.393 e. The number of hydrogen-bond donors (Lipinski definition) is 2. The smallest absolute Gasteiger partial charge is 0.155 e. The Kier molecular flexibility index (Phi) is 5.80. The van der Waals surface area contributed by atoms with Gasteiger partial charge >= 0.3 is 0 Å². The molecular weight excluding hydrogens is 372 g/mol. The molecule has 4 aliphatic carbocycles. The molecule has 0 aromatic heterocycles. The third-order valence-electron chi connectivity index (χ3n) is 10.1. The van der Waals surface area contributed by atoms with Crippen molar-refractivity contribution in [2.75, 3.05) is 0 Å². The Labute approximate surface area is 183 Å². The van der Waals surface area contributed by atoms with E-state index >= 15 is 0 Å². The SMILES string of the molecule is CC(C)CCCC(C)(O)[C@H]1CCC2C3CCC4=CC(=O)CC[C@]4(C)C3[C@@H](O)C[C@@]21C. The molecule has 3 fully saturated rings. The van der Waals surface area contributed by atoms with E-state index in [0.29, 0.717) is 24.2 Å². The van der Waals surface area contributed by atoms with Gasteiger partial charge in [0.25, 0.3) is 0 Å². The Hall–Kier alpha value is -0.670. The number of fused-ring (bicyclic) bond motifs is 5. The van der Waals surface area contributed by atoms with E-state index in [1.54, 1.807) is 0 Å². The van der Waals surface area contributed by atoms with E-state index < -0.39 is 5.60 Å². The lowest BCUT2D eigenvalue weighted by atomic mass is 9.45. The van der Waals surface area contributed by atoms with Crippen LogP contribution in [0.15, 0.2) is 11.6 Å². The summed E-state index contributed by atoms with van der Waals surface area (Å²) in [5.74, 6) is 2.60. The highest BCUT2D eigenvalue weighted by molar-refractivity contribution is 5.91. The predicted molar refractivity (Wildman–Crippen MR) is 121 cm³/mol. The van der Waals surface area contributed by atoms with Gasteiger partial charge in [-0.2, -0.15) is 0 Å². The number of allylic oxidation sites excluding steroid dienone is 1. The van der Waals surface area contributed by atoms with Crippen molar-refractivity contribution in [3.8, 4) is 0 Å². The lowest BCUT2D eigenvalue weighted by molar-refractivity contribution is -0.154. The van der Waals surface area contributed by atoms with Crippen molar-refractivity contribution in [2.24, 2.45) is 40.4 Å². The standard InChI is InChI=1S/C27H44O3/c1-17(2)7-6-13-27(5,30)23-11-10-21-20-9-8-18-15-19(28)12-14-25(18,3)24(20)22(29)16-26(21,23)4/h15,17,20-24,29-30H,6-14,16H2,1-5H3/t20?,21?,22-,23-,24?,25-,26-,27?/m0/s1. The molecule has 0 aliphatic heterocycles. The molecular formula is C27H44O3. The highest BCUT2D eigenvalue weighted by Gasteiger charge is 2.64. The monoisotopic (exact) mass is 416 g/mol. The highest BCUT2D eigenvalue weighted by atomic mass is 16.3. The van der Waals surface area contributed by atoms with Crippen LogP contribution < -0.4 is 0 Å². The van der Waals surface area contributed by atoms with Crippen molar-refractivity contribution in [3.05, 3.63) is 11.6 Å². The lowest BCUT2D eigenvalue weighted by Crippen LogP contribution is -2.58. The zero-order chi connectivity index (χ0) is 21.9. The maximum Gasteiger partial charge on any atom is 0.155 e. The van der Waals surface area contributed by atoms with Crippen LogP contribution in [0.2, 0.25) is 0 Å². The van der Waals surface area contributed by atoms with E-state index in [2.05, 4.69) is 34.6 Å². The molecule has 2 N–H and O–H groups in total. The van der Waals surface area contributed by atoms with Crippen LogP contribution in [-0.4, -0.2) is 27.7 Å². The summed E-state index contributed by atoms with van der Waals surface area (Å²) in [7, 11) is 0. The summed E-state index contributed by atoms with van der Waals surface area (Å²) in [6.07, 6.45) is 11.4. The summed E-state index contributed by atoms with van der Waals surface area (Å²) < 4.78 is 0. The van der Waals surface area contributed by atoms with Gasteiger partial charge in [-0.25, -0.2) is 0 Å². The molecule has 0 bridgehead atoms. The van der Waals surface area contributed by atoms with Crippen LogP contribution in [0.3, 0.4) is 0 Å². The molecule has 4 rings (SSSR count). The predicted octanol–water partition coefficient (Wildman–Crippen LogP) is 5.68. The molecule has 30 heavy (non-hydrogen) atoms. The second kappa shape index (κ2) is 7.73. The molecule has 8 atom stereocenters. The number of ketones is 1. The van der Waals surface area contributed by atoms with Crippen LogP contribution in [-0.2, 0) is 4.79 Å². The van der Waals surface area contributed by atoms with Gasteiger partial charge in [0.2, 0.25) is 0 Å². The van der Waals surface area contributed by atoms with Gasteiger partial charge in [-0.05, 0) is 98.4 Å². The molecule has 0 aromatic rings. The Morgan fingerprint density at radius 1 is 1.20 bits per heavy atom. The fourth-order valence-electron chi connectivity index (χ4n) is 8.75. The maximum absolute atomic E-state index is 12.1. The third kappa shape index (κ3) is 3.52. The van der Waals surface area contributed by atoms with Crippen LogP contribution in [0.1, 0.15) is 98.8 Å². The van der Waals surface area contributed by atoms with Crippen molar-refractivity contribution in [1.82, 2.24) is 0 Å². The Morgan fingerprint density at radius 2 is 1.93 bits per heavy atom. The van der Waals surface area contributed by atoms with Gasteiger partial charge in [0, 0.05) is 6.42 Å². The van der Waals surface area contributed by atoms with Gasteiger partial charge in [0.15, 0.2) is 5.78 Å². The second-order valence-electron chi connectivity index (χ2n) is 12.4. The second-order valence-corrected chi connectivity index (χ2v) is 12.4. The molecule has 0 radical (unpaired) electrons. The van der Waals surface area contributed by atoms with Crippen LogP contribution in [0.25, 0.3) is 0 Å². The zero-order valence-corrected chi connectivity index (χ0v) is 19.9. The van der Waals surface area contributed by atoms with E-state index in [4.69, 9.17) is 0 Å². The molecule has 0 saturated heterocycles. The van der Waals surface area contributed by atoms with Crippen molar-refractivity contribution in [3.63, 3.8) is 0 Å². The van der Waals surface area contributed by atoms with Gasteiger partial charge in [0.1, 0.15) is 0 Å². The van der Waals surface area contributed by atoms with E-state index in [9.17, 15) is 15.0 Å². The van der Waals surface area contributed by atoms with Gasteiger partial charge in [-0.15, -0.1) is 0 Å². The van der Waals surface area contributed by atoms with Gasteiger partial charge in [0.05, 0.1) is 11.7 Å². The summed E-state index contributed by atoms with van der Waals surface area (Å²) in [5, 5.41) is 23.1. The van der Waals surface area contributed by atoms with Gasteiger partial charge in [-0.1, -0.05) is 46.1 Å². The van der Waals surface area contributed by atoms with Crippen molar-refractivity contribution >= 4 is 5.78 Å². The first-order valence-electron chi connectivity index (χ1n) is 12.6. The maximum atomic E-state index is 12.1. The summed E-state index contributed by atoms with van der Waals surface area (Å²) >= 11 is 0. The molecule has 4 aliphatic rings. The average molecular weight is 417 g/mol. The topological polar surface area (TPSA) is 57.5 Å². The fourth-order valence-corrected chi connectivity index (χ4v) is 8.75. The van der Waals surface area contributed by atoms with Crippen LogP contribution in [0, 0.1) is 40.4 Å². The van der Waals surface area contributed by atoms with E-state index in [0.717, 1.165) is 44.9 Å².